The molecule has 0 radical (unpaired) electrons. The average Bonchev–Trinajstić information content (AvgIpc) is 3.09. The number of sulfonamides is 1. The normalized spacial score (nSPS) is 24.4. The summed E-state index contributed by atoms with van der Waals surface area (Å²) < 4.78 is 64.3. The number of nitrogens with zero attached hydrogens (tertiary/aromatic N) is 2. The van der Waals surface area contributed by atoms with Crippen molar-refractivity contribution < 1.29 is 21.6 Å². The Hall–Kier alpha value is -1.16. The zero-order valence-electron chi connectivity index (χ0n) is 13.1. The van der Waals surface area contributed by atoms with Crippen LogP contribution in [0.5, 0.6) is 0 Å². The van der Waals surface area contributed by atoms with Crippen LogP contribution in [-0.2, 0) is 16.2 Å². The van der Waals surface area contributed by atoms with Gasteiger partial charge >= 0.3 is 6.18 Å². The zero-order valence-corrected chi connectivity index (χ0v) is 13.9. The van der Waals surface area contributed by atoms with E-state index < -0.39 is 21.8 Å². The number of hydrogen-bond acceptors (Lipinski definition) is 4. The molecule has 0 amide bonds. The van der Waals surface area contributed by atoms with Crippen molar-refractivity contribution in [2.45, 2.75) is 23.5 Å². The van der Waals surface area contributed by atoms with E-state index in [1.165, 1.54) is 4.31 Å². The maximum absolute atomic E-state index is 12.6. The van der Waals surface area contributed by atoms with Crippen LogP contribution in [0.15, 0.2) is 29.2 Å². The van der Waals surface area contributed by atoms with Crippen molar-refractivity contribution in [1.82, 2.24) is 14.5 Å². The molecule has 1 unspecified atom stereocenters. The van der Waals surface area contributed by atoms with Gasteiger partial charge in [0.1, 0.15) is 0 Å². The average molecular weight is 363 g/mol. The molecule has 2 heterocycles. The third kappa shape index (κ3) is 3.58. The molecular formula is C15H20F3N3O2S. The van der Waals surface area contributed by atoms with Gasteiger partial charge in [-0.25, -0.2) is 8.42 Å². The highest BCUT2D eigenvalue weighted by Crippen LogP contribution is 2.30. The Labute approximate surface area is 139 Å². The number of hydrogen-bond donors (Lipinski definition) is 1. The highest BCUT2D eigenvalue weighted by molar-refractivity contribution is 7.89. The van der Waals surface area contributed by atoms with Crippen molar-refractivity contribution in [2.24, 2.45) is 0 Å². The first kappa shape index (κ1) is 17.7. The molecule has 1 aromatic rings. The smallest absolute Gasteiger partial charge is 0.315 e. The van der Waals surface area contributed by atoms with E-state index in [-0.39, 0.29) is 4.90 Å². The lowest BCUT2D eigenvalue weighted by atomic mass is 10.2. The molecule has 9 heteroatoms. The maximum Gasteiger partial charge on any atom is 0.416 e. The topological polar surface area (TPSA) is 52.7 Å². The summed E-state index contributed by atoms with van der Waals surface area (Å²) >= 11 is 0. The van der Waals surface area contributed by atoms with Gasteiger partial charge in [0.2, 0.25) is 10.0 Å². The van der Waals surface area contributed by atoms with Crippen LogP contribution in [0.3, 0.4) is 0 Å². The Morgan fingerprint density at radius 2 is 1.67 bits per heavy atom. The molecule has 3 rings (SSSR count). The Kier molecular flexibility index (Phi) is 4.87. The van der Waals surface area contributed by atoms with E-state index >= 15 is 0 Å². The van der Waals surface area contributed by atoms with Gasteiger partial charge in [0.15, 0.2) is 0 Å². The fourth-order valence-electron chi connectivity index (χ4n) is 3.23. The quantitative estimate of drug-likeness (QED) is 0.882. The number of alkyl halides is 3. The van der Waals surface area contributed by atoms with Gasteiger partial charge in [0.05, 0.1) is 10.5 Å². The van der Waals surface area contributed by atoms with Crippen molar-refractivity contribution in [1.29, 1.82) is 0 Å². The van der Waals surface area contributed by atoms with Gasteiger partial charge in [-0.1, -0.05) is 0 Å². The van der Waals surface area contributed by atoms with E-state index in [0.29, 0.717) is 32.2 Å². The maximum atomic E-state index is 12.6. The Balaban J connectivity index is 1.67. The predicted octanol–water partition coefficient (Wildman–Crippen LogP) is 1.37. The Morgan fingerprint density at radius 1 is 1.04 bits per heavy atom. The molecule has 2 fully saturated rings. The van der Waals surface area contributed by atoms with Crippen LogP contribution in [0.2, 0.25) is 0 Å². The summed E-state index contributed by atoms with van der Waals surface area (Å²) in [4.78, 5) is 2.19. The molecule has 1 aromatic carbocycles. The van der Waals surface area contributed by atoms with E-state index in [4.69, 9.17) is 0 Å². The van der Waals surface area contributed by atoms with Crippen LogP contribution >= 0.6 is 0 Å². The summed E-state index contributed by atoms with van der Waals surface area (Å²) in [6.45, 7) is 3.92. The summed E-state index contributed by atoms with van der Waals surface area (Å²) in [7, 11) is -3.75. The molecular weight excluding hydrogens is 343 g/mol. The molecule has 1 atom stereocenters. The fraction of sp³-hybridized carbons (Fsp3) is 0.600. The number of benzene rings is 1. The van der Waals surface area contributed by atoms with E-state index in [9.17, 15) is 21.6 Å². The fourth-order valence-corrected chi connectivity index (χ4v) is 4.65. The summed E-state index contributed by atoms with van der Waals surface area (Å²) in [5.74, 6) is 0. The van der Waals surface area contributed by atoms with Crippen LogP contribution < -0.4 is 5.32 Å². The second-order valence-corrected chi connectivity index (χ2v) is 8.05. The van der Waals surface area contributed by atoms with Crippen LogP contribution in [0.1, 0.15) is 12.0 Å². The standard InChI is InChI=1S/C15H20F3N3O2S/c16-15(17,18)12-1-3-14(4-2-12)24(22,23)21-9-7-20(8-10-21)13-5-6-19-11-13/h1-4,13,19H,5-11H2. The van der Waals surface area contributed by atoms with E-state index in [1.807, 2.05) is 0 Å². The lowest BCUT2D eigenvalue weighted by Gasteiger charge is -2.37. The minimum atomic E-state index is -4.47. The monoisotopic (exact) mass is 363 g/mol. The molecule has 2 aliphatic heterocycles. The summed E-state index contributed by atoms with van der Waals surface area (Å²) in [5, 5.41) is 3.29. The first-order valence-corrected chi connectivity index (χ1v) is 9.35. The van der Waals surface area contributed by atoms with Crippen molar-refractivity contribution >= 4 is 10.0 Å². The highest BCUT2D eigenvalue weighted by atomic mass is 32.2. The molecule has 5 nitrogen and oxygen atoms in total. The van der Waals surface area contributed by atoms with Crippen LogP contribution in [0.25, 0.3) is 0 Å². The van der Waals surface area contributed by atoms with Crippen LogP contribution in [0, 0.1) is 0 Å². The number of nitrogens with one attached hydrogen (secondary N) is 1. The minimum Gasteiger partial charge on any atom is -0.315 e. The molecule has 0 bridgehead atoms. The summed E-state index contributed by atoms with van der Waals surface area (Å²) in [6, 6.07) is 4.14. The third-order valence-corrected chi connectivity index (χ3v) is 6.56. The Morgan fingerprint density at radius 3 is 2.17 bits per heavy atom. The molecule has 0 aliphatic carbocycles. The molecule has 2 aliphatic rings. The lowest BCUT2D eigenvalue weighted by molar-refractivity contribution is -0.137. The van der Waals surface area contributed by atoms with Gasteiger partial charge in [0.25, 0.3) is 0 Å². The van der Waals surface area contributed by atoms with E-state index in [1.54, 1.807) is 0 Å². The molecule has 1 N–H and O–H groups in total. The van der Waals surface area contributed by atoms with Gasteiger partial charge in [-0.05, 0) is 37.2 Å². The second kappa shape index (κ2) is 6.62. The van der Waals surface area contributed by atoms with Crippen LogP contribution in [0.4, 0.5) is 13.2 Å². The SMILES string of the molecule is O=S(=O)(c1ccc(C(F)(F)F)cc1)N1CCN(C2CCNC2)CC1. The van der Waals surface area contributed by atoms with Crippen molar-refractivity contribution in [3.05, 3.63) is 29.8 Å². The van der Waals surface area contributed by atoms with Gasteiger partial charge in [-0.3, -0.25) is 4.90 Å². The lowest BCUT2D eigenvalue weighted by Crippen LogP contribution is -2.52. The van der Waals surface area contributed by atoms with Crippen molar-refractivity contribution in [3.8, 4) is 0 Å². The third-order valence-electron chi connectivity index (χ3n) is 4.64. The molecule has 134 valence electrons. The number of piperazine rings is 1. The van der Waals surface area contributed by atoms with Gasteiger partial charge in [-0.15, -0.1) is 0 Å². The van der Waals surface area contributed by atoms with Crippen molar-refractivity contribution in [2.75, 3.05) is 39.3 Å². The van der Waals surface area contributed by atoms with E-state index in [2.05, 4.69) is 10.2 Å². The molecule has 24 heavy (non-hydrogen) atoms. The zero-order chi connectivity index (χ0) is 17.4. The number of rotatable bonds is 3. The first-order valence-electron chi connectivity index (χ1n) is 7.91. The molecule has 0 aromatic heterocycles. The van der Waals surface area contributed by atoms with Gasteiger partial charge in [0, 0.05) is 38.8 Å². The van der Waals surface area contributed by atoms with Gasteiger partial charge < -0.3 is 5.32 Å². The van der Waals surface area contributed by atoms with E-state index in [0.717, 1.165) is 43.8 Å². The number of halogens is 3. The second-order valence-electron chi connectivity index (χ2n) is 6.11. The highest BCUT2D eigenvalue weighted by Gasteiger charge is 2.33. The predicted molar refractivity (Wildman–Crippen MR) is 83.1 cm³/mol. The summed E-state index contributed by atoms with van der Waals surface area (Å²) in [5.41, 5.74) is -0.847. The first-order chi connectivity index (χ1) is 11.3. The Bertz CT molecular complexity index is 662. The molecule has 0 saturated carbocycles. The van der Waals surface area contributed by atoms with Crippen LogP contribution in [-0.4, -0.2) is 62.9 Å². The van der Waals surface area contributed by atoms with Gasteiger partial charge in [-0.2, -0.15) is 17.5 Å². The molecule has 2 saturated heterocycles. The summed E-state index contributed by atoms with van der Waals surface area (Å²) in [6.07, 6.45) is -3.41. The van der Waals surface area contributed by atoms with Crippen molar-refractivity contribution in [3.63, 3.8) is 0 Å². The minimum absolute atomic E-state index is 0.0912. The molecule has 0 spiro atoms. The largest absolute Gasteiger partial charge is 0.416 e.